The highest BCUT2D eigenvalue weighted by Gasteiger charge is 2.30. The lowest BCUT2D eigenvalue weighted by atomic mass is 9.98. The molecule has 2 aromatic carbocycles. The number of hydrogen-bond acceptors (Lipinski definition) is 6. The first-order valence-electron chi connectivity index (χ1n) is 11.4. The van der Waals surface area contributed by atoms with E-state index >= 15 is 0 Å². The van der Waals surface area contributed by atoms with E-state index in [0.29, 0.717) is 6.42 Å². The Kier molecular flexibility index (Phi) is 8.15. The molecule has 0 aromatic heterocycles. The molecule has 2 aromatic rings. The highest BCUT2D eigenvalue weighted by atomic mass is 16.6. The smallest absolute Gasteiger partial charge is 0.407 e. The molecule has 0 radical (unpaired) electrons. The molecule has 3 rings (SSSR count). The highest BCUT2D eigenvalue weighted by Crippen LogP contribution is 2.44. The van der Waals surface area contributed by atoms with Gasteiger partial charge in [-0.3, -0.25) is 0 Å². The highest BCUT2D eigenvalue weighted by molar-refractivity contribution is 5.82. The molecule has 0 bridgehead atoms. The molecular weight excluding hydrogens is 436 g/mol. The summed E-state index contributed by atoms with van der Waals surface area (Å²) in [6, 6.07) is 15.2. The van der Waals surface area contributed by atoms with Crippen LogP contribution in [0.2, 0.25) is 0 Å². The Morgan fingerprint density at radius 1 is 0.941 bits per heavy atom. The van der Waals surface area contributed by atoms with Crippen LogP contribution in [-0.2, 0) is 19.0 Å². The number of carbonyl (C=O) groups is 3. The monoisotopic (exact) mass is 468 g/mol. The number of ether oxygens (including phenoxy) is 3. The fourth-order valence-corrected chi connectivity index (χ4v) is 3.98. The van der Waals surface area contributed by atoms with E-state index in [1.54, 1.807) is 20.8 Å². The maximum absolute atomic E-state index is 12.5. The molecule has 8 nitrogen and oxygen atoms in total. The largest absolute Gasteiger partial charge is 0.467 e. The second kappa shape index (κ2) is 11.0. The molecule has 0 saturated heterocycles. The second-order valence-corrected chi connectivity index (χ2v) is 9.12. The zero-order valence-electron chi connectivity index (χ0n) is 20.1. The zero-order valence-corrected chi connectivity index (χ0v) is 20.1. The van der Waals surface area contributed by atoms with Gasteiger partial charge in [-0.05, 0) is 55.9 Å². The summed E-state index contributed by atoms with van der Waals surface area (Å²) in [5, 5.41) is 5.21. The molecule has 182 valence electrons. The van der Waals surface area contributed by atoms with Crippen molar-refractivity contribution in [3.05, 3.63) is 59.7 Å². The number of benzene rings is 2. The van der Waals surface area contributed by atoms with Crippen LogP contribution in [0.25, 0.3) is 11.1 Å². The normalized spacial score (nSPS) is 13.3. The van der Waals surface area contributed by atoms with Crippen LogP contribution in [0.1, 0.15) is 50.7 Å². The number of fused-ring (bicyclic) bond motifs is 3. The zero-order chi connectivity index (χ0) is 24.7. The number of hydrogen-bond donors (Lipinski definition) is 2. The summed E-state index contributed by atoms with van der Waals surface area (Å²) in [4.78, 5) is 36.4. The maximum Gasteiger partial charge on any atom is 0.407 e. The minimum atomic E-state index is -0.888. The Hall–Kier alpha value is -3.55. The lowest BCUT2D eigenvalue weighted by Crippen LogP contribution is -2.42. The predicted molar refractivity (Wildman–Crippen MR) is 127 cm³/mol. The van der Waals surface area contributed by atoms with E-state index in [2.05, 4.69) is 22.8 Å². The van der Waals surface area contributed by atoms with Gasteiger partial charge in [-0.25, -0.2) is 14.4 Å². The second-order valence-electron chi connectivity index (χ2n) is 9.12. The molecule has 1 aliphatic carbocycles. The maximum atomic E-state index is 12.5. The Morgan fingerprint density at radius 3 is 2.09 bits per heavy atom. The molecule has 34 heavy (non-hydrogen) atoms. The van der Waals surface area contributed by atoms with E-state index in [9.17, 15) is 14.4 Å². The molecule has 0 unspecified atom stereocenters. The van der Waals surface area contributed by atoms with E-state index < -0.39 is 29.8 Å². The molecule has 0 saturated carbocycles. The molecule has 1 atom stereocenters. The first-order valence-corrected chi connectivity index (χ1v) is 11.4. The Morgan fingerprint density at radius 2 is 1.53 bits per heavy atom. The number of amides is 2. The van der Waals surface area contributed by atoms with Gasteiger partial charge < -0.3 is 24.8 Å². The molecule has 8 heteroatoms. The lowest BCUT2D eigenvalue weighted by Gasteiger charge is -2.20. The number of alkyl carbamates (subject to hydrolysis) is 2. The third-order valence-corrected chi connectivity index (χ3v) is 5.46. The SMILES string of the molecule is COC(=O)[C@H](CCCNC(=O)OC(C)(C)C)NC(=O)OCC1c2ccccc2-c2ccccc21. The van der Waals surface area contributed by atoms with Crippen molar-refractivity contribution in [2.45, 2.75) is 51.2 Å². The van der Waals surface area contributed by atoms with Crippen LogP contribution < -0.4 is 10.6 Å². The van der Waals surface area contributed by atoms with E-state index in [-0.39, 0.29) is 25.5 Å². The fourth-order valence-electron chi connectivity index (χ4n) is 3.98. The standard InChI is InChI=1S/C26H32N2O6/c1-26(2,3)34-24(30)27-15-9-14-22(23(29)32-4)28-25(31)33-16-21-19-12-7-5-10-17(19)18-11-6-8-13-20(18)21/h5-8,10-13,21-22H,9,14-16H2,1-4H3,(H,27,30)(H,28,31)/t22-/m0/s1. The molecular formula is C26H32N2O6. The summed E-state index contributed by atoms with van der Waals surface area (Å²) < 4.78 is 15.5. The van der Waals surface area contributed by atoms with Crippen LogP contribution in [0, 0.1) is 0 Å². The van der Waals surface area contributed by atoms with Crippen LogP contribution in [0.15, 0.2) is 48.5 Å². The molecule has 0 spiro atoms. The van der Waals surface area contributed by atoms with Crippen molar-refractivity contribution in [1.82, 2.24) is 10.6 Å². The molecule has 2 amide bonds. The summed E-state index contributed by atoms with van der Waals surface area (Å²) in [6.45, 7) is 5.76. The summed E-state index contributed by atoms with van der Waals surface area (Å²) in [7, 11) is 1.26. The van der Waals surface area contributed by atoms with Gasteiger partial charge >= 0.3 is 18.2 Å². The summed E-state index contributed by atoms with van der Waals surface area (Å²) >= 11 is 0. The molecule has 0 aliphatic heterocycles. The predicted octanol–water partition coefficient (Wildman–Crippen LogP) is 4.37. The van der Waals surface area contributed by atoms with Gasteiger partial charge in [-0.15, -0.1) is 0 Å². The number of methoxy groups -OCH3 is 1. The van der Waals surface area contributed by atoms with Crippen molar-refractivity contribution in [2.24, 2.45) is 0 Å². The van der Waals surface area contributed by atoms with Crippen LogP contribution in [0.3, 0.4) is 0 Å². The third kappa shape index (κ3) is 6.50. The van der Waals surface area contributed by atoms with Crippen molar-refractivity contribution >= 4 is 18.2 Å². The van der Waals surface area contributed by atoms with Crippen LogP contribution in [0.5, 0.6) is 0 Å². The molecule has 0 heterocycles. The average molecular weight is 469 g/mol. The molecule has 1 aliphatic rings. The summed E-state index contributed by atoms with van der Waals surface area (Å²) in [5.41, 5.74) is 3.89. The van der Waals surface area contributed by atoms with Crippen LogP contribution >= 0.6 is 0 Å². The Labute approximate surface area is 200 Å². The van der Waals surface area contributed by atoms with Gasteiger partial charge in [-0.2, -0.15) is 0 Å². The Balaban J connectivity index is 1.52. The van der Waals surface area contributed by atoms with Crippen LogP contribution in [-0.4, -0.2) is 50.1 Å². The van der Waals surface area contributed by atoms with E-state index in [1.807, 2.05) is 36.4 Å². The van der Waals surface area contributed by atoms with Gasteiger partial charge in [0.2, 0.25) is 0 Å². The van der Waals surface area contributed by atoms with Crippen molar-refractivity contribution in [1.29, 1.82) is 0 Å². The number of esters is 1. The minimum absolute atomic E-state index is 0.0762. The lowest BCUT2D eigenvalue weighted by molar-refractivity contribution is -0.143. The first-order chi connectivity index (χ1) is 16.2. The summed E-state index contributed by atoms with van der Waals surface area (Å²) in [5.74, 6) is -0.654. The van der Waals surface area contributed by atoms with Crippen molar-refractivity contribution in [3.8, 4) is 11.1 Å². The van der Waals surface area contributed by atoms with Gasteiger partial charge in [0.05, 0.1) is 7.11 Å². The van der Waals surface area contributed by atoms with Crippen LogP contribution in [0.4, 0.5) is 9.59 Å². The van der Waals surface area contributed by atoms with Crippen molar-refractivity contribution in [3.63, 3.8) is 0 Å². The minimum Gasteiger partial charge on any atom is -0.467 e. The van der Waals surface area contributed by atoms with Crippen molar-refractivity contribution < 1.29 is 28.6 Å². The fraction of sp³-hybridized carbons (Fsp3) is 0.423. The molecule has 2 N–H and O–H groups in total. The number of carbonyl (C=O) groups excluding carboxylic acids is 3. The Bertz CT molecular complexity index is 984. The van der Waals surface area contributed by atoms with Gasteiger partial charge in [0, 0.05) is 12.5 Å². The van der Waals surface area contributed by atoms with E-state index in [1.165, 1.54) is 7.11 Å². The van der Waals surface area contributed by atoms with Gasteiger partial charge in [0.15, 0.2) is 0 Å². The summed E-state index contributed by atoms with van der Waals surface area (Å²) in [6.07, 6.45) is -0.529. The van der Waals surface area contributed by atoms with Gasteiger partial charge in [-0.1, -0.05) is 48.5 Å². The number of nitrogens with one attached hydrogen (secondary N) is 2. The van der Waals surface area contributed by atoms with Gasteiger partial charge in [0.25, 0.3) is 0 Å². The number of rotatable bonds is 8. The topological polar surface area (TPSA) is 103 Å². The van der Waals surface area contributed by atoms with E-state index in [4.69, 9.17) is 14.2 Å². The molecule has 0 fully saturated rings. The quantitative estimate of drug-likeness (QED) is 0.339. The average Bonchev–Trinajstić information content (AvgIpc) is 3.11. The van der Waals surface area contributed by atoms with Crippen molar-refractivity contribution in [2.75, 3.05) is 20.3 Å². The van der Waals surface area contributed by atoms with Gasteiger partial charge in [0.1, 0.15) is 18.2 Å². The first kappa shape index (κ1) is 25.1. The third-order valence-electron chi connectivity index (χ3n) is 5.46. The van der Waals surface area contributed by atoms with E-state index in [0.717, 1.165) is 22.3 Å².